The number of ether oxygens (including phenoxy) is 1. The second-order valence-electron chi connectivity index (χ2n) is 4.81. The predicted octanol–water partition coefficient (Wildman–Crippen LogP) is 2.59. The molecule has 22 heavy (non-hydrogen) atoms. The first-order valence-corrected chi connectivity index (χ1v) is 8.03. The van der Waals surface area contributed by atoms with Crippen LogP contribution in [0.5, 0.6) is 5.75 Å². The van der Waals surface area contributed by atoms with Gasteiger partial charge in [0.15, 0.2) is 0 Å². The van der Waals surface area contributed by atoms with E-state index < -0.39 is 15.8 Å². The highest BCUT2D eigenvalue weighted by molar-refractivity contribution is 7.95. The molecule has 0 spiro atoms. The number of carboxylic acid groups (broad SMARTS) is 1. The van der Waals surface area contributed by atoms with Crippen molar-refractivity contribution in [3.05, 3.63) is 65.1 Å². The van der Waals surface area contributed by atoms with Crippen LogP contribution in [0.15, 0.2) is 58.8 Å². The van der Waals surface area contributed by atoms with Crippen LogP contribution in [-0.2, 0) is 9.84 Å². The van der Waals surface area contributed by atoms with Crippen LogP contribution in [0, 0.1) is 0 Å². The van der Waals surface area contributed by atoms with Crippen molar-refractivity contribution in [2.24, 2.45) is 0 Å². The maximum atomic E-state index is 12.1. The quantitative estimate of drug-likeness (QED) is 0.937. The Morgan fingerprint density at radius 3 is 2.50 bits per heavy atom. The van der Waals surface area contributed by atoms with E-state index in [9.17, 15) is 13.2 Å². The van der Waals surface area contributed by atoms with Gasteiger partial charge in [-0.2, -0.15) is 0 Å². The third kappa shape index (κ3) is 2.60. The molecule has 1 N–H and O–H groups in total. The molecule has 0 amide bonds. The summed E-state index contributed by atoms with van der Waals surface area (Å²) in [5.74, 6) is -0.525. The van der Waals surface area contributed by atoms with E-state index in [1.165, 1.54) is 18.2 Å². The number of para-hydroxylation sites is 1. The lowest BCUT2D eigenvalue weighted by molar-refractivity contribution is 0.0696. The van der Waals surface area contributed by atoms with Gasteiger partial charge in [0, 0.05) is 16.5 Å². The number of carbonyl (C=O) groups is 1. The molecule has 1 heterocycles. The van der Waals surface area contributed by atoms with Crippen LogP contribution >= 0.6 is 0 Å². The zero-order valence-electron chi connectivity index (χ0n) is 11.4. The Hall–Kier alpha value is -2.60. The van der Waals surface area contributed by atoms with E-state index in [-0.39, 0.29) is 17.1 Å². The fraction of sp³-hybridized carbons (Fsp3) is 0.0625. The largest absolute Gasteiger partial charge is 0.489 e. The zero-order chi connectivity index (χ0) is 15.7. The Balaban J connectivity index is 1.91. The molecule has 0 bridgehead atoms. The summed E-state index contributed by atoms with van der Waals surface area (Å²) in [6.45, 7) is 0.0999. The number of rotatable bonds is 4. The second kappa shape index (κ2) is 5.31. The molecule has 0 radical (unpaired) electrons. The van der Waals surface area contributed by atoms with Gasteiger partial charge in [-0.1, -0.05) is 24.3 Å². The van der Waals surface area contributed by atoms with Crippen molar-refractivity contribution in [2.75, 3.05) is 6.61 Å². The molecule has 0 atom stereocenters. The highest BCUT2D eigenvalue weighted by Crippen LogP contribution is 2.34. The summed E-state index contributed by atoms with van der Waals surface area (Å²) in [5, 5.41) is 10.1. The molecule has 112 valence electrons. The number of benzene rings is 2. The van der Waals surface area contributed by atoms with E-state index in [0.717, 1.165) is 5.41 Å². The minimum absolute atomic E-state index is 0.0130. The fourth-order valence-electron chi connectivity index (χ4n) is 2.26. The van der Waals surface area contributed by atoms with Crippen molar-refractivity contribution in [2.45, 2.75) is 4.90 Å². The summed E-state index contributed by atoms with van der Waals surface area (Å²) in [7, 11) is -3.62. The molecule has 0 saturated carbocycles. The minimum atomic E-state index is -3.62. The Morgan fingerprint density at radius 2 is 1.82 bits per heavy atom. The number of carboxylic acids is 1. The van der Waals surface area contributed by atoms with Crippen molar-refractivity contribution in [3.63, 3.8) is 0 Å². The average Bonchev–Trinajstić information content (AvgIpc) is 2.77. The number of sulfone groups is 1. The first kappa shape index (κ1) is 14.3. The van der Waals surface area contributed by atoms with Crippen LogP contribution in [0.3, 0.4) is 0 Å². The van der Waals surface area contributed by atoms with Crippen LogP contribution in [0.1, 0.15) is 15.9 Å². The first-order valence-electron chi connectivity index (χ1n) is 6.48. The highest BCUT2D eigenvalue weighted by atomic mass is 32.2. The molecule has 3 rings (SSSR count). The van der Waals surface area contributed by atoms with Gasteiger partial charge in [-0.25, -0.2) is 13.2 Å². The number of fused-ring (bicyclic) bond motifs is 1. The van der Waals surface area contributed by atoms with Gasteiger partial charge in [0.1, 0.15) is 12.4 Å². The lowest BCUT2D eigenvalue weighted by Gasteiger charge is -2.08. The summed E-state index contributed by atoms with van der Waals surface area (Å²) in [6, 6.07) is 13.1. The Kier molecular flexibility index (Phi) is 3.46. The molecule has 6 heteroatoms. The molecule has 5 nitrogen and oxygen atoms in total. The minimum Gasteiger partial charge on any atom is -0.489 e. The van der Waals surface area contributed by atoms with Crippen LogP contribution in [-0.4, -0.2) is 26.1 Å². The van der Waals surface area contributed by atoms with E-state index in [2.05, 4.69) is 0 Å². The molecular weight excluding hydrogens is 304 g/mol. The molecule has 0 aliphatic carbocycles. The zero-order valence-corrected chi connectivity index (χ0v) is 12.2. The van der Waals surface area contributed by atoms with Gasteiger partial charge < -0.3 is 9.84 Å². The Morgan fingerprint density at radius 1 is 1.09 bits per heavy atom. The molecular formula is C16H12O5S. The summed E-state index contributed by atoms with van der Waals surface area (Å²) < 4.78 is 29.8. The van der Waals surface area contributed by atoms with Crippen molar-refractivity contribution >= 4 is 21.4 Å². The Labute approximate surface area is 127 Å². The van der Waals surface area contributed by atoms with Gasteiger partial charge in [0.25, 0.3) is 0 Å². The summed E-state index contributed by atoms with van der Waals surface area (Å²) in [4.78, 5) is 11.0. The van der Waals surface area contributed by atoms with Gasteiger partial charge in [0.05, 0.1) is 10.5 Å². The van der Waals surface area contributed by atoms with Crippen molar-refractivity contribution < 1.29 is 23.1 Å². The van der Waals surface area contributed by atoms with Gasteiger partial charge in [-0.15, -0.1) is 0 Å². The Bertz CT molecular complexity index is 867. The smallest absolute Gasteiger partial charge is 0.335 e. The van der Waals surface area contributed by atoms with Crippen LogP contribution in [0.2, 0.25) is 0 Å². The lowest BCUT2D eigenvalue weighted by atomic mass is 10.1. The first-order chi connectivity index (χ1) is 10.5. The third-order valence-electron chi connectivity index (χ3n) is 3.32. The monoisotopic (exact) mass is 316 g/mol. The number of hydrogen-bond donors (Lipinski definition) is 1. The predicted molar refractivity (Wildman–Crippen MR) is 80.5 cm³/mol. The van der Waals surface area contributed by atoms with Gasteiger partial charge in [-0.3, -0.25) is 0 Å². The standard InChI is InChI=1S/C16H12O5S/c17-16(18)11-6-7-14-12(10-22(19,20)15(14)8-11)9-21-13-4-2-1-3-5-13/h1-8,10H,9H2,(H,17,18). The third-order valence-corrected chi connectivity index (χ3v) is 4.86. The van der Waals surface area contributed by atoms with E-state index in [4.69, 9.17) is 9.84 Å². The molecule has 0 aromatic heterocycles. The van der Waals surface area contributed by atoms with E-state index in [1.807, 2.05) is 18.2 Å². The summed E-state index contributed by atoms with van der Waals surface area (Å²) in [6.07, 6.45) is 0. The van der Waals surface area contributed by atoms with Crippen molar-refractivity contribution in [3.8, 4) is 5.75 Å². The summed E-state index contributed by atoms with van der Waals surface area (Å²) >= 11 is 0. The lowest BCUT2D eigenvalue weighted by Crippen LogP contribution is -2.02. The molecule has 0 unspecified atom stereocenters. The average molecular weight is 316 g/mol. The van der Waals surface area contributed by atoms with Crippen molar-refractivity contribution in [1.82, 2.24) is 0 Å². The highest BCUT2D eigenvalue weighted by Gasteiger charge is 2.28. The van der Waals surface area contributed by atoms with Crippen LogP contribution in [0.25, 0.3) is 5.57 Å². The van der Waals surface area contributed by atoms with Crippen molar-refractivity contribution in [1.29, 1.82) is 0 Å². The van der Waals surface area contributed by atoms with E-state index in [1.54, 1.807) is 12.1 Å². The maximum Gasteiger partial charge on any atom is 0.335 e. The topological polar surface area (TPSA) is 80.7 Å². The van der Waals surface area contributed by atoms with Crippen LogP contribution < -0.4 is 4.74 Å². The van der Waals surface area contributed by atoms with Gasteiger partial charge in [0.2, 0.25) is 9.84 Å². The van der Waals surface area contributed by atoms with E-state index >= 15 is 0 Å². The van der Waals surface area contributed by atoms with E-state index in [0.29, 0.717) is 16.9 Å². The second-order valence-corrected chi connectivity index (χ2v) is 6.57. The molecule has 0 saturated heterocycles. The van der Waals surface area contributed by atoms with Crippen LogP contribution in [0.4, 0.5) is 0 Å². The molecule has 0 fully saturated rings. The summed E-state index contributed by atoms with van der Waals surface area (Å²) in [5.41, 5.74) is 0.942. The molecule has 2 aromatic rings. The normalized spacial score (nSPS) is 15.0. The molecule has 1 aliphatic heterocycles. The van der Waals surface area contributed by atoms with Gasteiger partial charge >= 0.3 is 5.97 Å². The molecule has 2 aromatic carbocycles. The number of hydrogen-bond acceptors (Lipinski definition) is 4. The fourth-order valence-corrected chi connectivity index (χ4v) is 3.75. The molecule has 1 aliphatic rings. The SMILES string of the molecule is O=C(O)c1ccc2c(c1)S(=O)(=O)C=C2COc1ccccc1. The van der Waals surface area contributed by atoms with Gasteiger partial charge in [-0.05, 0) is 24.3 Å². The number of aromatic carboxylic acids is 1. The maximum absolute atomic E-state index is 12.1.